The van der Waals surface area contributed by atoms with Crippen LogP contribution in [0.5, 0.6) is 0 Å². The zero-order valence-corrected chi connectivity index (χ0v) is 13.2. The Labute approximate surface area is 121 Å². The van der Waals surface area contributed by atoms with Crippen LogP contribution in [0, 0.1) is 17.8 Å². The van der Waals surface area contributed by atoms with Crippen molar-refractivity contribution in [2.45, 2.75) is 52.0 Å². The Kier molecular flexibility index (Phi) is 4.74. The molecule has 0 bridgehead atoms. The third-order valence-corrected chi connectivity index (χ3v) is 5.77. The Morgan fingerprint density at radius 2 is 1.85 bits per heavy atom. The van der Waals surface area contributed by atoms with E-state index in [1.54, 1.807) is 0 Å². The number of nitrogens with two attached hydrogens (primary N) is 1. The van der Waals surface area contributed by atoms with Crippen LogP contribution < -0.4 is 5.14 Å². The second kappa shape index (κ2) is 6.02. The first-order chi connectivity index (χ1) is 9.26. The van der Waals surface area contributed by atoms with E-state index < -0.39 is 10.0 Å². The van der Waals surface area contributed by atoms with Gasteiger partial charge in [0.25, 0.3) is 0 Å². The van der Waals surface area contributed by atoms with Crippen LogP contribution in [0.4, 0.5) is 0 Å². The fourth-order valence-corrected chi connectivity index (χ4v) is 4.56. The number of hydrogen-bond acceptors (Lipinski definition) is 3. The second-order valence-corrected chi connectivity index (χ2v) is 8.42. The summed E-state index contributed by atoms with van der Waals surface area (Å²) < 4.78 is 22.3. The fourth-order valence-electron chi connectivity index (χ4n) is 3.68. The van der Waals surface area contributed by atoms with Gasteiger partial charge in [0, 0.05) is 24.9 Å². The molecule has 1 aliphatic carbocycles. The topological polar surface area (TPSA) is 80.5 Å². The molecule has 0 spiro atoms. The van der Waals surface area contributed by atoms with Gasteiger partial charge in [0.15, 0.2) is 0 Å². The molecule has 2 fully saturated rings. The minimum atomic E-state index is -3.48. The molecule has 2 N–H and O–H groups in total. The molecule has 1 saturated carbocycles. The highest BCUT2D eigenvalue weighted by molar-refractivity contribution is 7.89. The predicted octanol–water partition coefficient (Wildman–Crippen LogP) is 1.34. The molecule has 1 heterocycles. The Balaban J connectivity index is 1.89. The summed E-state index contributed by atoms with van der Waals surface area (Å²) in [4.78, 5) is 14.0. The maximum absolute atomic E-state index is 12.1. The van der Waals surface area contributed by atoms with Crippen molar-refractivity contribution >= 4 is 15.9 Å². The summed E-state index contributed by atoms with van der Waals surface area (Å²) >= 11 is 0. The Morgan fingerprint density at radius 1 is 1.25 bits per heavy atom. The summed E-state index contributed by atoms with van der Waals surface area (Å²) in [6, 6.07) is 0.308. The largest absolute Gasteiger partial charge is 0.339 e. The summed E-state index contributed by atoms with van der Waals surface area (Å²) in [6.07, 6.45) is 4.78. The molecule has 0 radical (unpaired) electrons. The number of sulfonamides is 1. The lowest BCUT2D eigenvalue weighted by molar-refractivity contribution is -0.130. The Hall–Kier alpha value is -0.620. The molecule has 0 aromatic heterocycles. The van der Waals surface area contributed by atoms with Crippen molar-refractivity contribution in [2.75, 3.05) is 12.3 Å². The average molecular weight is 302 g/mol. The highest BCUT2D eigenvalue weighted by Crippen LogP contribution is 2.34. The van der Waals surface area contributed by atoms with Crippen molar-refractivity contribution in [3.63, 3.8) is 0 Å². The van der Waals surface area contributed by atoms with Gasteiger partial charge in [-0.3, -0.25) is 4.79 Å². The van der Waals surface area contributed by atoms with Crippen LogP contribution in [0.3, 0.4) is 0 Å². The van der Waals surface area contributed by atoms with E-state index in [0.29, 0.717) is 24.9 Å². The highest BCUT2D eigenvalue weighted by Gasteiger charge is 2.37. The predicted molar refractivity (Wildman–Crippen MR) is 78.4 cm³/mol. The average Bonchev–Trinajstić information content (AvgIpc) is 2.67. The van der Waals surface area contributed by atoms with Gasteiger partial charge in [-0.1, -0.05) is 13.8 Å². The number of carbonyl (C=O) groups excluding carboxylic acids is 1. The first kappa shape index (κ1) is 15.8. The molecule has 1 saturated heterocycles. The van der Waals surface area contributed by atoms with Crippen LogP contribution in [-0.4, -0.2) is 37.6 Å². The molecular formula is C14H26N2O3S. The first-order valence-electron chi connectivity index (χ1n) is 7.56. The van der Waals surface area contributed by atoms with E-state index in [0.717, 1.165) is 18.8 Å². The third kappa shape index (κ3) is 3.95. The zero-order valence-electron chi connectivity index (χ0n) is 12.4. The summed E-state index contributed by atoms with van der Waals surface area (Å²) in [7, 11) is -3.48. The van der Waals surface area contributed by atoms with Gasteiger partial charge in [0.2, 0.25) is 15.9 Å². The molecule has 2 aliphatic rings. The van der Waals surface area contributed by atoms with E-state index in [2.05, 4.69) is 13.8 Å². The van der Waals surface area contributed by atoms with Gasteiger partial charge in [-0.2, -0.15) is 0 Å². The molecule has 1 aliphatic heterocycles. The highest BCUT2D eigenvalue weighted by atomic mass is 32.2. The molecule has 1 amide bonds. The number of carbonyl (C=O) groups is 1. The smallest absolute Gasteiger partial charge is 0.223 e. The zero-order chi connectivity index (χ0) is 14.9. The van der Waals surface area contributed by atoms with E-state index in [1.165, 1.54) is 12.8 Å². The lowest BCUT2D eigenvalue weighted by atomic mass is 9.79. The van der Waals surface area contributed by atoms with Gasteiger partial charge in [-0.25, -0.2) is 13.6 Å². The van der Waals surface area contributed by atoms with E-state index in [1.807, 2.05) is 4.90 Å². The molecule has 2 rings (SSSR count). The van der Waals surface area contributed by atoms with Crippen LogP contribution in [0.1, 0.15) is 46.0 Å². The fraction of sp³-hybridized carbons (Fsp3) is 0.929. The van der Waals surface area contributed by atoms with Crippen molar-refractivity contribution in [3.05, 3.63) is 0 Å². The van der Waals surface area contributed by atoms with Gasteiger partial charge in [-0.05, 0) is 37.5 Å². The lowest BCUT2D eigenvalue weighted by Crippen LogP contribution is -2.40. The summed E-state index contributed by atoms with van der Waals surface area (Å²) in [5.41, 5.74) is 0. The van der Waals surface area contributed by atoms with Crippen molar-refractivity contribution in [2.24, 2.45) is 22.9 Å². The molecule has 0 aromatic carbocycles. The van der Waals surface area contributed by atoms with Crippen LogP contribution in [0.2, 0.25) is 0 Å². The van der Waals surface area contributed by atoms with Crippen LogP contribution in [-0.2, 0) is 14.8 Å². The summed E-state index contributed by atoms with van der Waals surface area (Å²) in [5.74, 6) is 1.38. The maximum atomic E-state index is 12.1. The van der Waals surface area contributed by atoms with Crippen LogP contribution in [0.25, 0.3) is 0 Å². The van der Waals surface area contributed by atoms with Gasteiger partial charge in [0.05, 0.1) is 5.75 Å². The number of amides is 1. The second-order valence-electron chi connectivity index (χ2n) is 6.76. The molecule has 6 heteroatoms. The lowest BCUT2D eigenvalue weighted by Gasteiger charge is -2.36. The number of rotatable bonds is 4. The van der Waals surface area contributed by atoms with E-state index in [4.69, 9.17) is 5.14 Å². The van der Waals surface area contributed by atoms with E-state index in [9.17, 15) is 13.2 Å². The van der Waals surface area contributed by atoms with Gasteiger partial charge in [0.1, 0.15) is 0 Å². The molecule has 5 nitrogen and oxygen atoms in total. The minimum absolute atomic E-state index is 0.0728. The van der Waals surface area contributed by atoms with Gasteiger partial charge in [-0.15, -0.1) is 0 Å². The van der Waals surface area contributed by atoms with Crippen molar-refractivity contribution in [1.82, 2.24) is 4.90 Å². The molecule has 20 heavy (non-hydrogen) atoms. The van der Waals surface area contributed by atoms with Crippen LogP contribution >= 0.6 is 0 Å². The quantitative estimate of drug-likeness (QED) is 0.851. The maximum Gasteiger partial charge on any atom is 0.223 e. The van der Waals surface area contributed by atoms with E-state index in [-0.39, 0.29) is 17.6 Å². The summed E-state index contributed by atoms with van der Waals surface area (Å²) in [5, 5.41) is 5.08. The van der Waals surface area contributed by atoms with E-state index >= 15 is 0 Å². The standard InChI is InChI=1S/C14H26N2O3S/c1-10(2)12-3-5-13(6-4-12)16-8-11(7-14(16)17)9-20(15,18)19/h10-13H,3-9H2,1-2H3,(H2,15,18,19). The minimum Gasteiger partial charge on any atom is -0.339 e. The molecule has 116 valence electrons. The molecule has 0 aromatic rings. The van der Waals surface area contributed by atoms with Crippen molar-refractivity contribution in [1.29, 1.82) is 0 Å². The number of likely N-dealkylation sites (tertiary alicyclic amines) is 1. The number of hydrogen-bond donors (Lipinski definition) is 1. The van der Waals surface area contributed by atoms with Gasteiger partial charge >= 0.3 is 0 Å². The SMILES string of the molecule is CC(C)C1CCC(N2CC(CS(N)(=O)=O)CC2=O)CC1. The van der Waals surface area contributed by atoms with Crippen molar-refractivity contribution in [3.8, 4) is 0 Å². The molecule has 1 unspecified atom stereocenters. The number of nitrogens with zero attached hydrogens (tertiary/aromatic N) is 1. The molecular weight excluding hydrogens is 276 g/mol. The monoisotopic (exact) mass is 302 g/mol. The summed E-state index contributed by atoms with van der Waals surface area (Å²) in [6.45, 7) is 5.08. The van der Waals surface area contributed by atoms with Gasteiger partial charge < -0.3 is 4.90 Å². The van der Waals surface area contributed by atoms with Crippen molar-refractivity contribution < 1.29 is 13.2 Å². The van der Waals surface area contributed by atoms with Crippen LogP contribution in [0.15, 0.2) is 0 Å². The third-order valence-electron chi connectivity index (χ3n) is 4.83. The molecule has 1 atom stereocenters. The number of primary sulfonamides is 1. The Bertz CT molecular complexity index is 453. The first-order valence-corrected chi connectivity index (χ1v) is 9.27. The normalized spacial score (nSPS) is 32.1. The Morgan fingerprint density at radius 3 is 2.35 bits per heavy atom.